The quantitative estimate of drug-likeness (QED) is 0.520. The Kier molecular flexibility index (Phi) is 7.44. The maximum Gasteiger partial charge on any atom is 0.312 e. The first-order chi connectivity index (χ1) is 14.0. The lowest BCUT2D eigenvalue weighted by Crippen LogP contribution is -2.16. The number of amides is 1. The van der Waals surface area contributed by atoms with Gasteiger partial charge in [0.05, 0.1) is 5.75 Å². The number of carbonyl (C=O) groups excluding carboxylic acids is 1. The fourth-order valence-corrected chi connectivity index (χ4v) is 3.63. The Morgan fingerprint density at radius 3 is 2.20 bits per heavy atom. The van der Waals surface area contributed by atoms with Gasteiger partial charge in [-0.3, -0.25) is 14.3 Å². The summed E-state index contributed by atoms with van der Waals surface area (Å²) in [7, 11) is -3.37. The fourth-order valence-electron chi connectivity index (χ4n) is 3.00. The molecule has 0 aliphatic carbocycles. The molecule has 0 heterocycles. The third-order valence-electron chi connectivity index (χ3n) is 4.23. The van der Waals surface area contributed by atoms with Crippen molar-refractivity contribution >= 4 is 33.3 Å². The summed E-state index contributed by atoms with van der Waals surface area (Å²) in [5, 5.41) is 11.2. The molecule has 8 nitrogen and oxygen atoms in total. The number of carboxylic acids is 1. The van der Waals surface area contributed by atoms with Crippen LogP contribution in [0.25, 0.3) is 0 Å². The summed E-state index contributed by atoms with van der Waals surface area (Å²) in [4.78, 5) is 22.3. The Morgan fingerprint density at radius 2 is 1.63 bits per heavy atom. The summed E-state index contributed by atoms with van der Waals surface area (Å²) >= 11 is 0. The number of benzene rings is 2. The topological polar surface area (TPSA) is 122 Å². The highest BCUT2D eigenvalue weighted by Crippen LogP contribution is 2.28. The average molecular weight is 435 g/mol. The first-order valence-electron chi connectivity index (χ1n) is 9.36. The summed E-state index contributed by atoms with van der Waals surface area (Å²) in [5.74, 6) is -1.17. The lowest BCUT2D eigenvalue weighted by molar-refractivity contribution is -0.139. The molecule has 162 valence electrons. The van der Waals surface area contributed by atoms with E-state index in [1.165, 1.54) is 0 Å². The van der Waals surface area contributed by atoms with Gasteiger partial charge in [-0.2, -0.15) is 0 Å². The van der Waals surface area contributed by atoms with Crippen molar-refractivity contribution in [2.75, 3.05) is 15.8 Å². The second kappa shape index (κ2) is 9.62. The number of carbonyl (C=O) groups is 2. The Bertz CT molecular complexity index is 1040. The fraction of sp³-hybridized carbons (Fsp3) is 0.333. The van der Waals surface area contributed by atoms with Crippen molar-refractivity contribution < 1.29 is 27.9 Å². The largest absolute Gasteiger partial charge is 0.488 e. The second-order valence-electron chi connectivity index (χ2n) is 7.06. The number of aliphatic carboxylic acids is 1. The predicted octanol–water partition coefficient (Wildman–Crippen LogP) is 3.37. The van der Waals surface area contributed by atoms with Crippen molar-refractivity contribution in [1.82, 2.24) is 0 Å². The lowest BCUT2D eigenvalue weighted by Gasteiger charge is -2.16. The molecule has 0 radical (unpaired) electrons. The Labute approximate surface area is 176 Å². The number of anilines is 2. The summed E-state index contributed by atoms with van der Waals surface area (Å²) in [6.45, 7) is 7.33. The van der Waals surface area contributed by atoms with Gasteiger partial charge in [-0.05, 0) is 74.2 Å². The summed E-state index contributed by atoms with van der Waals surface area (Å²) in [6.07, 6.45) is -0.603. The van der Waals surface area contributed by atoms with Gasteiger partial charge in [0.2, 0.25) is 15.9 Å². The molecule has 0 saturated carbocycles. The van der Waals surface area contributed by atoms with E-state index < -0.39 is 28.3 Å². The lowest BCUT2D eigenvalue weighted by atomic mass is 10.1. The number of aryl methyl sites for hydroxylation is 3. The molecule has 0 unspecified atom stereocenters. The first-order valence-corrected chi connectivity index (χ1v) is 11.0. The molecule has 0 atom stereocenters. The van der Waals surface area contributed by atoms with Gasteiger partial charge >= 0.3 is 5.97 Å². The van der Waals surface area contributed by atoms with Crippen LogP contribution < -0.4 is 14.8 Å². The number of rotatable bonds is 9. The predicted molar refractivity (Wildman–Crippen MR) is 115 cm³/mol. The number of ether oxygens (including phenoxy) is 1. The summed E-state index contributed by atoms with van der Waals surface area (Å²) < 4.78 is 32.1. The van der Waals surface area contributed by atoms with Crippen LogP contribution in [0.3, 0.4) is 0 Å². The van der Waals surface area contributed by atoms with Crippen LogP contribution in [-0.4, -0.2) is 31.2 Å². The molecule has 2 aromatic rings. The molecule has 2 rings (SSSR count). The van der Waals surface area contributed by atoms with Crippen LogP contribution in [0, 0.1) is 20.8 Å². The van der Waals surface area contributed by atoms with Crippen LogP contribution >= 0.6 is 0 Å². The standard InChI is InChI=1S/C21H26N2O6S/c1-5-30(27,28)23-18-7-13(2)6-16(10-18)12-29-21-14(3)8-17(9-15(21)4)22-19(24)11-20(25)26/h6-10,23H,5,11-12H2,1-4H3,(H,22,24)(H,25,26). The van der Waals surface area contributed by atoms with E-state index in [0.717, 1.165) is 22.3 Å². The van der Waals surface area contributed by atoms with Crippen molar-refractivity contribution in [3.63, 3.8) is 0 Å². The molecule has 9 heteroatoms. The molecule has 3 N–H and O–H groups in total. The maximum absolute atomic E-state index is 11.8. The zero-order valence-electron chi connectivity index (χ0n) is 17.4. The SMILES string of the molecule is CCS(=O)(=O)Nc1cc(C)cc(COc2c(C)cc(NC(=O)CC(=O)O)cc2C)c1. The molecule has 1 amide bonds. The van der Waals surface area contributed by atoms with E-state index >= 15 is 0 Å². The second-order valence-corrected chi connectivity index (χ2v) is 9.07. The number of sulfonamides is 1. The van der Waals surface area contributed by atoms with Crippen LogP contribution in [0.15, 0.2) is 30.3 Å². The smallest absolute Gasteiger partial charge is 0.312 e. The van der Waals surface area contributed by atoms with E-state index in [0.29, 0.717) is 17.1 Å². The highest BCUT2D eigenvalue weighted by molar-refractivity contribution is 7.92. The van der Waals surface area contributed by atoms with E-state index in [4.69, 9.17) is 9.84 Å². The van der Waals surface area contributed by atoms with Gasteiger partial charge in [-0.15, -0.1) is 0 Å². The van der Waals surface area contributed by atoms with E-state index in [-0.39, 0.29) is 12.4 Å². The zero-order chi connectivity index (χ0) is 22.5. The Morgan fingerprint density at radius 1 is 1.00 bits per heavy atom. The molecular weight excluding hydrogens is 408 g/mol. The molecule has 0 spiro atoms. The molecule has 0 aliphatic rings. The van der Waals surface area contributed by atoms with Gasteiger partial charge < -0.3 is 15.2 Å². The number of hydrogen-bond acceptors (Lipinski definition) is 5. The monoisotopic (exact) mass is 434 g/mol. The minimum Gasteiger partial charge on any atom is -0.488 e. The number of hydrogen-bond donors (Lipinski definition) is 3. The molecule has 0 aromatic heterocycles. The molecule has 30 heavy (non-hydrogen) atoms. The minimum atomic E-state index is -3.37. The summed E-state index contributed by atoms with van der Waals surface area (Å²) in [6, 6.07) is 8.81. The number of carboxylic acid groups (broad SMARTS) is 1. The van der Waals surface area contributed by atoms with Crippen molar-refractivity contribution in [2.24, 2.45) is 0 Å². The molecule has 0 fully saturated rings. The van der Waals surface area contributed by atoms with Gasteiger partial charge in [-0.1, -0.05) is 6.07 Å². The van der Waals surface area contributed by atoms with Gasteiger partial charge in [0, 0.05) is 11.4 Å². The normalized spacial score (nSPS) is 11.1. The van der Waals surface area contributed by atoms with Crippen LogP contribution in [0.4, 0.5) is 11.4 Å². The van der Waals surface area contributed by atoms with E-state index in [9.17, 15) is 18.0 Å². The highest BCUT2D eigenvalue weighted by Gasteiger charge is 2.12. The molecule has 0 saturated heterocycles. The first kappa shape index (κ1) is 23.2. The van der Waals surface area contributed by atoms with Crippen molar-refractivity contribution in [3.8, 4) is 5.75 Å². The molecule has 2 aromatic carbocycles. The summed E-state index contributed by atoms with van der Waals surface area (Å²) in [5.41, 5.74) is 4.24. The molecule has 0 aliphatic heterocycles. The van der Waals surface area contributed by atoms with Gasteiger partial charge in [0.1, 0.15) is 18.8 Å². The van der Waals surface area contributed by atoms with Crippen LogP contribution in [0.5, 0.6) is 5.75 Å². The van der Waals surface area contributed by atoms with Crippen molar-refractivity contribution in [2.45, 2.75) is 40.7 Å². The van der Waals surface area contributed by atoms with Gasteiger partial charge in [0.15, 0.2) is 0 Å². The van der Waals surface area contributed by atoms with Gasteiger partial charge in [-0.25, -0.2) is 8.42 Å². The third-order valence-corrected chi connectivity index (χ3v) is 5.54. The van der Waals surface area contributed by atoms with E-state index in [1.54, 1.807) is 31.2 Å². The van der Waals surface area contributed by atoms with Crippen molar-refractivity contribution in [1.29, 1.82) is 0 Å². The van der Waals surface area contributed by atoms with Crippen LogP contribution in [0.1, 0.15) is 35.6 Å². The van der Waals surface area contributed by atoms with Crippen LogP contribution in [-0.2, 0) is 26.2 Å². The highest BCUT2D eigenvalue weighted by atomic mass is 32.2. The average Bonchev–Trinajstić information content (AvgIpc) is 2.59. The minimum absolute atomic E-state index is 0.0134. The van der Waals surface area contributed by atoms with E-state index in [2.05, 4.69) is 10.0 Å². The molecular formula is C21H26N2O6S. The Hall–Kier alpha value is -3.07. The Balaban J connectivity index is 2.15. The van der Waals surface area contributed by atoms with Crippen LogP contribution in [0.2, 0.25) is 0 Å². The third kappa shape index (κ3) is 6.77. The van der Waals surface area contributed by atoms with Crippen molar-refractivity contribution in [3.05, 3.63) is 52.6 Å². The zero-order valence-corrected chi connectivity index (χ0v) is 18.2. The maximum atomic E-state index is 11.8. The van der Waals surface area contributed by atoms with Gasteiger partial charge in [0.25, 0.3) is 0 Å². The number of nitrogens with one attached hydrogen (secondary N) is 2. The molecule has 0 bridgehead atoms. The van der Waals surface area contributed by atoms with E-state index in [1.807, 2.05) is 26.8 Å².